The molecule has 2 rings (SSSR count). The van der Waals surface area contributed by atoms with Gasteiger partial charge in [-0.15, -0.1) is 0 Å². The van der Waals surface area contributed by atoms with E-state index in [2.05, 4.69) is 6.92 Å². The first-order chi connectivity index (χ1) is 11.1. The Bertz CT molecular complexity index is 476. The third kappa shape index (κ3) is 4.40. The molecule has 0 aromatic heterocycles. The molecular formula is C16H26F3N3O2. The summed E-state index contributed by atoms with van der Waals surface area (Å²) in [7, 11) is 1.65. The summed E-state index contributed by atoms with van der Waals surface area (Å²) in [6.45, 7) is 4.15. The van der Waals surface area contributed by atoms with Crippen LogP contribution < -0.4 is 0 Å². The molecule has 2 amide bonds. The number of likely N-dealkylation sites (N-methyl/N-ethyl adjacent to an activating group) is 1. The minimum absolute atomic E-state index is 0.0496. The van der Waals surface area contributed by atoms with Crippen molar-refractivity contribution in [3.05, 3.63) is 0 Å². The van der Waals surface area contributed by atoms with E-state index in [0.29, 0.717) is 25.4 Å². The SMILES string of the molecule is CC1CCN(C(=O)[C@@H](C)N(C)[C@H]2CCN(CC(F)(F)F)C2=O)CC1. The van der Waals surface area contributed by atoms with Gasteiger partial charge in [-0.2, -0.15) is 13.2 Å². The van der Waals surface area contributed by atoms with Crippen LogP contribution in [0, 0.1) is 5.92 Å². The van der Waals surface area contributed by atoms with Crippen LogP contribution in [-0.2, 0) is 9.59 Å². The standard InChI is InChI=1S/C16H26F3N3O2/c1-11-4-7-21(8-5-11)14(23)12(2)20(3)13-6-9-22(15(13)24)10-16(17,18)19/h11-13H,4-10H2,1-3H3/t12-,13+/m1/s1. The molecule has 2 aliphatic rings. The van der Waals surface area contributed by atoms with Crippen LogP contribution in [0.3, 0.4) is 0 Å². The summed E-state index contributed by atoms with van der Waals surface area (Å²) in [4.78, 5) is 29.1. The molecular weight excluding hydrogens is 323 g/mol. The van der Waals surface area contributed by atoms with Crippen molar-refractivity contribution >= 4 is 11.8 Å². The first-order valence-corrected chi connectivity index (χ1v) is 8.46. The first kappa shape index (κ1) is 19.0. The van der Waals surface area contributed by atoms with E-state index in [4.69, 9.17) is 0 Å². The Morgan fingerprint density at radius 3 is 2.38 bits per heavy atom. The summed E-state index contributed by atoms with van der Waals surface area (Å²) in [6, 6.07) is -1.17. The molecule has 0 aromatic rings. The van der Waals surface area contributed by atoms with E-state index in [1.807, 2.05) is 0 Å². The maximum absolute atomic E-state index is 12.6. The number of piperidine rings is 1. The van der Waals surface area contributed by atoms with Gasteiger partial charge in [0.1, 0.15) is 6.54 Å². The smallest absolute Gasteiger partial charge is 0.341 e. The molecule has 138 valence electrons. The van der Waals surface area contributed by atoms with Crippen LogP contribution in [0.1, 0.15) is 33.1 Å². The van der Waals surface area contributed by atoms with E-state index < -0.39 is 30.7 Å². The van der Waals surface area contributed by atoms with Gasteiger partial charge < -0.3 is 9.80 Å². The van der Waals surface area contributed by atoms with Crippen LogP contribution in [0.25, 0.3) is 0 Å². The van der Waals surface area contributed by atoms with Gasteiger partial charge in [0.15, 0.2) is 0 Å². The first-order valence-electron chi connectivity index (χ1n) is 8.46. The Morgan fingerprint density at radius 1 is 1.25 bits per heavy atom. The number of rotatable bonds is 4. The summed E-state index contributed by atoms with van der Waals surface area (Å²) in [5, 5.41) is 0. The molecule has 0 radical (unpaired) electrons. The van der Waals surface area contributed by atoms with Crippen molar-refractivity contribution in [1.82, 2.24) is 14.7 Å². The molecule has 0 bridgehead atoms. The lowest BCUT2D eigenvalue weighted by Gasteiger charge is -2.36. The highest BCUT2D eigenvalue weighted by Gasteiger charge is 2.42. The number of carbonyl (C=O) groups excluding carboxylic acids is 2. The van der Waals surface area contributed by atoms with E-state index in [-0.39, 0.29) is 12.5 Å². The second-order valence-electron chi connectivity index (χ2n) is 7.03. The van der Waals surface area contributed by atoms with Gasteiger partial charge in [-0.05, 0) is 39.2 Å². The van der Waals surface area contributed by atoms with E-state index in [9.17, 15) is 22.8 Å². The Hall–Kier alpha value is -1.31. The number of hydrogen-bond donors (Lipinski definition) is 0. The fraction of sp³-hybridized carbons (Fsp3) is 0.875. The molecule has 2 fully saturated rings. The quantitative estimate of drug-likeness (QED) is 0.776. The van der Waals surface area contributed by atoms with Crippen LogP contribution in [-0.4, -0.2) is 78.0 Å². The second kappa shape index (κ2) is 7.29. The molecule has 0 aliphatic carbocycles. The van der Waals surface area contributed by atoms with Crippen LogP contribution >= 0.6 is 0 Å². The summed E-state index contributed by atoms with van der Waals surface area (Å²) < 4.78 is 37.5. The molecule has 2 atom stereocenters. The van der Waals surface area contributed by atoms with Gasteiger partial charge in [-0.1, -0.05) is 6.92 Å². The normalized spacial score (nSPS) is 24.8. The molecule has 2 saturated heterocycles. The van der Waals surface area contributed by atoms with Crippen LogP contribution in [0.4, 0.5) is 13.2 Å². The highest BCUT2D eigenvalue weighted by atomic mass is 19.4. The summed E-state index contributed by atoms with van der Waals surface area (Å²) in [6.07, 6.45) is -2.15. The van der Waals surface area contributed by atoms with Crippen molar-refractivity contribution in [3.63, 3.8) is 0 Å². The number of halogens is 3. The van der Waals surface area contributed by atoms with Crippen LogP contribution in [0.5, 0.6) is 0 Å². The van der Waals surface area contributed by atoms with Gasteiger partial charge in [0.25, 0.3) is 0 Å². The van der Waals surface area contributed by atoms with Gasteiger partial charge in [-0.25, -0.2) is 0 Å². The fourth-order valence-corrected chi connectivity index (χ4v) is 3.41. The van der Waals surface area contributed by atoms with Crippen molar-refractivity contribution in [2.75, 3.05) is 33.2 Å². The summed E-state index contributed by atoms with van der Waals surface area (Å²) in [5.41, 5.74) is 0. The zero-order chi connectivity index (χ0) is 18.1. The third-order valence-electron chi connectivity index (χ3n) is 5.19. The monoisotopic (exact) mass is 349 g/mol. The Balaban J connectivity index is 1.94. The molecule has 5 nitrogen and oxygen atoms in total. The highest BCUT2D eigenvalue weighted by molar-refractivity contribution is 5.86. The van der Waals surface area contributed by atoms with Gasteiger partial charge in [0.2, 0.25) is 11.8 Å². The topological polar surface area (TPSA) is 43.9 Å². The molecule has 2 aliphatic heterocycles. The van der Waals surface area contributed by atoms with Crippen molar-refractivity contribution < 1.29 is 22.8 Å². The zero-order valence-electron chi connectivity index (χ0n) is 14.5. The molecule has 24 heavy (non-hydrogen) atoms. The fourth-order valence-electron chi connectivity index (χ4n) is 3.41. The molecule has 8 heteroatoms. The maximum atomic E-state index is 12.6. The summed E-state index contributed by atoms with van der Waals surface area (Å²) in [5.74, 6) is 0.0163. The average molecular weight is 349 g/mol. The summed E-state index contributed by atoms with van der Waals surface area (Å²) >= 11 is 0. The van der Waals surface area contributed by atoms with Gasteiger partial charge >= 0.3 is 6.18 Å². The number of hydrogen-bond acceptors (Lipinski definition) is 3. The lowest BCUT2D eigenvalue weighted by molar-refractivity contribution is -0.159. The molecule has 0 aromatic carbocycles. The van der Waals surface area contributed by atoms with Gasteiger partial charge in [-0.3, -0.25) is 14.5 Å². The molecule has 0 N–H and O–H groups in total. The Kier molecular flexibility index (Phi) is 5.78. The predicted molar refractivity (Wildman–Crippen MR) is 83.2 cm³/mol. The average Bonchev–Trinajstić information content (AvgIpc) is 2.85. The number of carbonyl (C=O) groups is 2. The van der Waals surface area contributed by atoms with Crippen molar-refractivity contribution in [2.45, 2.75) is 51.4 Å². The zero-order valence-corrected chi connectivity index (χ0v) is 14.5. The minimum atomic E-state index is -4.39. The van der Waals surface area contributed by atoms with Crippen LogP contribution in [0.2, 0.25) is 0 Å². The van der Waals surface area contributed by atoms with E-state index in [0.717, 1.165) is 17.7 Å². The molecule has 0 spiro atoms. The van der Waals surface area contributed by atoms with Crippen molar-refractivity contribution in [1.29, 1.82) is 0 Å². The number of likely N-dealkylation sites (tertiary alicyclic amines) is 2. The largest absolute Gasteiger partial charge is 0.406 e. The van der Waals surface area contributed by atoms with E-state index >= 15 is 0 Å². The molecule has 2 heterocycles. The number of nitrogens with zero attached hydrogens (tertiary/aromatic N) is 3. The Labute approximate surface area is 140 Å². The maximum Gasteiger partial charge on any atom is 0.406 e. The minimum Gasteiger partial charge on any atom is -0.341 e. The lowest BCUT2D eigenvalue weighted by atomic mass is 9.98. The van der Waals surface area contributed by atoms with Crippen LogP contribution in [0.15, 0.2) is 0 Å². The van der Waals surface area contributed by atoms with Gasteiger partial charge in [0.05, 0.1) is 12.1 Å². The van der Waals surface area contributed by atoms with Gasteiger partial charge in [0, 0.05) is 19.6 Å². The second-order valence-corrected chi connectivity index (χ2v) is 7.03. The number of amides is 2. The van der Waals surface area contributed by atoms with E-state index in [1.54, 1.807) is 23.8 Å². The highest BCUT2D eigenvalue weighted by Crippen LogP contribution is 2.24. The molecule has 0 saturated carbocycles. The van der Waals surface area contributed by atoms with Crippen molar-refractivity contribution in [2.24, 2.45) is 5.92 Å². The molecule has 0 unspecified atom stereocenters. The predicted octanol–water partition coefficient (Wildman–Crippen LogP) is 1.73. The Morgan fingerprint density at radius 2 is 1.83 bits per heavy atom. The third-order valence-corrected chi connectivity index (χ3v) is 5.19. The van der Waals surface area contributed by atoms with Crippen molar-refractivity contribution in [3.8, 4) is 0 Å². The van der Waals surface area contributed by atoms with E-state index in [1.165, 1.54) is 0 Å². The number of alkyl halides is 3. The lowest BCUT2D eigenvalue weighted by Crippen LogP contribution is -2.53.